The fourth-order valence-electron chi connectivity index (χ4n) is 2.45. The number of carbonyl (C=O) groups is 1. The van der Waals surface area contributed by atoms with Gasteiger partial charge < -0.3 is 10.4 Å². The van der Waals surface area contributed by atoms with Crippen molar-refractivity contribution in [1.29, 1.82) is 0 Å². The standard InChI is InChI=1S/C14H20N2O4S/c1-8(6-9(2)17)16-21(19,20)11-4-5-13-12(7-11)10(3)14(18)15-13/h4-5,7-10,16-17H,6H2,1-3H3,(H,15,18). The van der Waals surface area contributed by atoms with E-state index in [1.54, 1.807) is 26.8 Å². The minimum atomic E-state index is -3.67. The number of aliphatic hydroxyl groups is 1. The van der Waals surface area contributed by atoms with Gasteiger partial charge in [0.2, 0.25) is 15.9 Å². The smallest absolute Gasteiger partial charge is 0.240 e. The second-order valence-electron chi connectivity index (χ2n) is 5.57. The summed E-state index contributed by atoms with van der Waals surface area (Å²) in [5.74, 6) is -0.486. The van der Waals surface area contributed by atoms with Crippen LogP contribution in [0.3, 0.4) is 0 Å². The van der Waals surface area contributed by atoms with Gasteiger partial charge in [0.1, 0.15) is 0 Å². The van der Waals surface area contributed by atoms with Crippen LogP contribution in [0.1, 0.15) is 38.7 Å². The molecule has 0 bridgehead atoms. The summed E-state index contributed by atoms with van der Waals surface area (Å²) in [5.41, 5.74) is 1.34. The zero-order chi connectivity index (χ0) is 15.8. The number of amides is 1. The van der Waals surface area contributed by atoms with Crippen LogP contribution in [0, 0.1) is 0 Å². The van der Waals surface area contributed by atoms with E-state index in [0.717, 1.165) is 0 Å². The summed E-state index contributed by atoms with van der Waals surface area (Å²) in [6, 6.07) is 4.22. The highest BCUT2D eigenvalue weighted by Crippen LogP contribution is 2.33. The maximum atomic E-state index is 12.3. The van der Waals surface area contributed by atoms with Crippen molar-refractivity contribution in [2.75, 3.05) is 5.32 Å². The second-order valence-corrected chi connectivity index (χ2v) is 7.28. The van der Waals surface area contributed by atoms with E-state index in [4.69, 9.17) is 0 Å². The van der Waals surface area contributed by atoms with Crippen LogP contribution >= 0.6 is 0 Å². The first-order chi connectivity index (χ1) is 9.70. The van der Waals surface area contributed by atoms with Gasteiger partial charge in [0.25, 0.3) is 0 Å². The average molecular weight is 312 g/mol. The fraction of sp³-hybridized carbons (Fsp3) is 0.500. The first-order valence-corrected chi connectivity index (χ1v) is 8.34. The number of fused-ring (bicyclic) bond motifs is 1. The molecule has 2 rings (SSSR count). The minimum Gasteiger partial charge on any atom is -0.393 e. The Hall–Kier alpha value is -1.44. The summed E-state index contributed by atoms with van der Waals surface area (Å²) in [6.07, 6.45) is -0.245. The third-order valence-electron chi connectivity index (χ3n) is 3.50. The number of hydrogen-bond acceptors (Lipinski definition) is 4. The maximum Gasteiger partial charge on any atom is 0.240 e. The number of anilines is 1. The highest BCUT2D eigenvalue weighted by molar-refractivity contribution is 7.89. The van der Waals surface area contributed by atoms with Gasteiger partial charge in [-0.2, -0.15) is 0 Å². The van der Waals surface area contributed by atoms with Gasteiger partial charge in [0, 0.05) is 11.7 Å². The van der Waals surface area contributed by atoms with Gasteiger partial charge >= 0.3 is 0 Å². The van der Waals surface area contributed by atoms with Crippen LogP contribution in [-0.4, -0.2) is 31.6 Å². The maximum absolute atomic E-state index is 12.3. The first-order valence-electron chi connectivity index (χ1n) is 6.86. The van der Waals surface area contributed by atoms with Gasteiger partial charge in [0.05, 0.1) is 16.9 Å². The molecule has 0 aromatic heterocycles. The van der Waals surface area contributed by atoms with Crippen LogP contribution in [0.5, 0.6) is 0 Å². The third kappa shape index (κ3) is 3.42. The van der Waals surface area contributed by atoms with Crippen molar-refractivity contribution >= 4 is 21.6 Å². The zero-order valence-corrected chi connectivity index (χ0v) is 13.1. The Morgan fingerprint density at radius 1 is 1.38 bits per heavy atom. The quantitative estimate of drug-likeness (QED) is 0.761. The Balaban J connectivity index is 2.24. The normalized spacial score (nSPS) is 20.8. The molecule has 3 N–H and O–H groups in total. The van der Waals surface area contributed by atoms with E-state index in [-0.39, 0.29) is 22.8 Å². The number of nitrogens with one attached hydrogen (secondary N) is 2. The van der Waals surface area contributed by atoms with Gasteiger partial charge in [-0.15, -0.1) is 0 Å². The minimum absolute atomic E-state index is 0.127. The topological polar surface area (TPSA) is 95.5 Å². The van der Waals surface area contributed by atoms with Crippen LogP contribution in [0.4, 0.5) is 5.69 Å². The van der Waals surface area contributed by atoms with Crippen molar-refractivity contribution in [3.05, 3.63) is 23.8 Å². The summed E-state index contributed by atoms with van der Waals surface area (Å²) in [5, 5.41) is 12.0. The van der Waals surface area contributed by atoms with E-state index in [2.05, 4.69) is 10.0 Å². The van der Waals surface area contributed by atoms with Crippen LogP contribution < -0.4 is 10.0 Å². The largest absolute Gasteiger partial charge is 0.393 e. The zero-order valence-electron chi connectivity index (χ0n) is 12.3. The summed E-state index contributed by atoms with van der Waals surface area (Å²) in [6.45, 7) is 5.05. The van der Waals surface area contributed by atoms with Gasteiger partial charge in [-0.05, 0) is 51.0 Å². The van der Waals surface area contributed by atoms with Crippen molar-refractivity contribution in [2.24, 2.45) is 0 Å². The highest BCUT2D eigenvalue weighted by atomic mass is 32.2. The Bertz CT molecular complexity index is 655. The molecule has 0 fully saturated rings. The fourth-order valence-corrected chi connectivity index (χ4v) is 3.75. The molecule has 116 valence electrons. The second kappa shape index (κ2) is 5.75. The van der Waals surface area contributed by atoms with Crippen molar-refractivity contribution in [3.63, 3.8) is 0 Å². The number of carbonyl (C=O) groups excluding carboxylic acids is 1. The van der Waals surface area contributed by atoms with Crippen molar-refractivity contribution in [2.45, 2.75) is 50.2 Å². The van der Waals surface area contributed by atoms with Crippen LogP contribution in [0.2, 0.25) is 0 Å². The molecule has 0 saturated heterocycles. The molecule has 1 aromatic rings. The lowest BCUT2D eigenvalue weighted by atomic mass is 10.0. The molecule has 1 heterocycles. The number of aliphatic hydroxyl groups excluding tert-OH is 1. The number of benzene rings is 1. The SMILES string of the molecule is CC(O)CC(C)NS(=O)(=O)c1ccc2c(c1)C(C)C(=O)N2. The number of hydrogen-bond donors (Lipinski definition) is 3. The predicted molar refractivity (Wildman–Crippen MR) is 79.6 cm³/mol. The van der Waals surface area contributed by atoms with E-state index in [9.17, 15) is 18.3 Å². The molecular formula is C14H20N2O4S. The lowest BCUT2D eigenvalue weighted by Gasteiger charge is -2.16. The molecule has 0 aliphatic carbocycles. The molecular weight excluding hydrogens is 292 g/mol. The lowest BCUT2D eigenvalue weighted by Crippen LogP contribution is -2.34. The van der Waals surface area contributed by atoms with Crippen LogP contribution in [0.15, 0.2) is 23.1 Å². The van der Waals surface area contributed by atoms with Gasteiger partial charge in [-0.3, -0.25) is 4.79 Å². The highest BCUT2D eigenvalue weighted by Gasteiger charge is 2.28. The molecule has 1 aromatic carbocycles. The molecule has 3 atom stereocenters. The summed E-state index contributed by atoms with van der Waals surface area (Å²) in [4.78, 5) is 11.7. The van der Waals surface area contributed by atoms with Crippen LogP contribution in [-0.2, 0) is 14.8 Å². The average Bonchev–Trinajstić information content (AvgIpc) is 2.63. The van der Waals surface area contributed by atoms with E-state index in [1.807, 2.05) is 0 Å². The van der Waals surface area contributed by atoms with E-state index in [0.29, 0.717) is 17.7 Å². The molecule has 0 saturated carbocycles. The number of rotatable bonds is 5. The molecule has 1 amide bonds. The molecule has 3 unspecified atom stereocenters. The van der Waals surface area contributed by atoms with E-state index in [1.165, 1.54) is 12.1 Å². The molecule has 7 heteroatoms. The summed E-state index contributed by atoms with van der Waals surface area (Å²) < 4.78 is 27.2. The lowest BCUT2D eigenvalue weighted by molar-refractivity contribution is -0.116. The third-order valence-corrected chi connectivity index (χ3v) is 5.09. The monoisotopic (exact) mass is 312 g/mol. The molecule has 1 aliphatic heterocycles. The first kappa shape index (κ1) is 15.9. The van der Waals surface area contributed by atoms with Gasteiger partial charge in [0.15, 0.2) is 0 Å². The summed E-state index contributed by atoms with van der Waals surface area (Å²) >= 11 is 0. The van der Waals surface area contributed by atoms with E-state index < -0.39 is 16.1 Å². The molecule has 6 nitrogen and oxygen atoms in total. The Kier molecular flexibility index (Phi) is 4.36. The van der Waals surface area contributed by atoms with Crippen molar-refractivity contribution < 1.29 is 18.3 Å². The molecule has 21 heavy (non-hydrogen) atoms. The van der Waals surface area contributed by atoms with Gasteiger partial charge in [-0.25, -0.2) is 13.1 Å². The Morgan fingerprint density at radius 3 is 2.67 bits per heavy atom. The number of sulfonamides is 1. The van der Waals surface area contributed by atoms with Crippen molar-refractivity contribution in [1.82, 2.24) is 4.72 Å². The van der Waals surface area contributed by atoms with Crippen molar-refractivity contribution in [3.8, 4) is 0 Å². The molecule has 1 aliphatic rings. The summed E-state index contributed by atoms with van der Waals surface area (Å²) in [7, 11) is -3.67. The van der Waals surface area contributed by atoms with Gasteiger partial charge in [-0.1, -0.05) is 0 Å². The Morgan fingerprint density at radius 2 is 2.05 bits per heavy atom. The van der Waals surface area contributed by atoms with E-state index >= 15 is 0 Å². The molecule has 0 radical (unpaired) electrons. The predicted octanol–water partition coefficient (Wildman–Crippen LogP) is 1.18. The molecule has 0 spiro atoms. The van der Waals surface area contributed by atoms with Crippen LogP contribution in [0.25, 0.3) is 0 Å². The Labute approximate surface area is 124 Å².